The Labute approximate surface area is 145 Å². The number of carbonyl (C=O) groups excluding carboxylic acids is 1. The van der Waals surface area contributed by atoms with Gasteiger partial charge in [0.15, 0.2) is 0 Å². The van der Waals surface area contributed by atoms with Crippen LogP contribution in [-0.2, 0) is 16.8 Å². The maximum atomic E-state index is 13.6. The molecule has 1 spiro atoms. The largest absolute Gasteiger partial charge is 0.325 e. The van der Waals surface area contributed by atoms with Crippen LogP contribution in [0, 0.1) is 30.0 Å². The van der Waals surface area contributed by atoms with Crippen LogP contribution in [0.3, 0.4) is 0 Å². The number of nitriles is 1. The number of anilines is 1. The lowest BCUT2D eigenvalue weighted by Gasteiger charge is -2.24. The number of nitrogens with one attached hydrogen (secondary N) is 1. The summed E-state index contributed by atoms with van der Waals surface area (Å²) < 4.78 is 13.6. The van der Waals surface area contributed by atoms with Crippen LogP contribution in [0.1, 0.15) is 16.7 Å². The zero-order valence-electron chi connectivity index (χ0n) is 13.9. The Kier molecular flexibility index (Phi) is 3.59. The van der Waals surface area contributed by atoms with Gasteiger partial charge in [-0.2, -0.15) is 5.26 Å². The number of benzene rings is 2. The van der Waals surface area contributed by atoms with Crippen molar-refractivity contribution in [1.29, 1.82) is 5.26 Å². The molecule has 1 N–H and O–H groups in total. The van der Waals surface area contributed by atoms with E-state index in [1.54, 1.807) is 6.07 Å². The van der Waals surface area contributed by atoms with Gasteiger partial charge in [0.1, 0.15) is 11.2 Å². The van der Waals surface area contributed by atoms with Crippen LogP contribution in [0.5, 0.6) is 0 Å². The van der Waals surface area contributed by atoms with Gasteiger partial charge < -0.3 is 5.32 Å². The van der Waals surface area contributed by atoms with Crippen LogP contribution in [0.25, 0.3) is 0 Å². The number of likely N-dealkylation sites (tertiary alicyclic amines) is 1. The van der Waals surface area contributed by atoms with E-state index in [0.29, 0.717) is 19.6 Å². The van der Waals surface area contributed by atoms with Crippen LogP contribution in [0.2, 0.25) is 0 Å². The second kappa shape index (κ2) is 5.68. The third-order valence-electron chi connectivity index (χ3n) is 5.43. The molecule has 25 heavy (non-hydrogen) atoms. The first-order valence-corrected chi connectivity index (χ1v) is 8.32. The highest BCUT2D eigenvalue weighted by molar-refractivity contribution is 6.07. The van der Waals surface area contributed by atoms with Crippen LogP contribution in [-0.4, -0.2) is 23.9 Å². The summed E-state index contributed by atoms with van der Waals surface area (Å²) in [5.74, 6) is -0.806. The number of rotatable bonds is 2. The summed E-state index contributed by atoms with van der Waals surface area (Å²) in [4.78, 5) is 14.9. The van der Waals surface area contributed by atoms with Crippen LogP contribution >= 0.6 is 0 Å². The molecule has 0 aliphatic carbocycles. The van der Waals surface area contributed by atoms with E-state index in [-0.39, 0.29) is 11.7 Å². The average Bonchev–Trinajstić information content (AvgIpc) is 3.10. The summed E-state index contributed by atoms with van der Waals surface area (Å²) >= 11 is 0. The van der Waals surface area contributed by atoms with Gasteiger partial charge in [-0.15, -0.1) is 0 Å². The van der Waals surface area contributed by atoms with E-state index in [1.807, 2.05) is 31.2 Å². The molecular formula is C20H18FN3O. The number of hydrogen-bond donors (Lipinski definition) is 1. The van der Waals surface area contributed by atoms with Crippen molar-refractivity contribution in [3.8, 4) is 6.07 Å². The minimum absolute atomic E-state index is 0.112. The monoisotopic (exact) mass is 335 g/mol. The van der Waals surface area contributed by atoms with Gasteiger partial charge >= 0.3 is 0 Å². The summed E-state index contributed by atoms with van der Waals surface area (Å²) in [6.45, 7) is 3.43. The number of aryl methyl sites for hydroxylation is 1. The van der Waals surface area contributed by atoms with Crippen molar-refractivity contribution >= 4 is 11.6 Å². The van der Waals surface area contributed by atoms with Crippen molar-refractivity contribution in [3.63, 3.8) is 0 Å². The molecule has 0 aromatic heterocycles. The first kappa shape index (κ1) is 15.8. The van der Waals surface area contributed by atoms with E-state index in [1.165, 1.54) is 12.1 Å². The normalized spacial score (nSPS) is 25.0. The molecule has 0 saturated carbocycles. The highest BCUT2D eigenvalue weighted by Crippen LogP contribution is 2.47. The smallest absolute Gasteiger partial charge is 0.237 e. The van der Waals surface area contributed by atoms with Crippen molar-refractivity contribution in [2.45, 2.75) is 18.9 Å². The number of hydrogen-bond acceptors (Lipinski definition) is 3. The maximum absolute atomic E-state index is 13.6. The number of fused-ring (bicyclic) bond motifs is 2. The molecule has 2 aromatic rings. The summed E-state index contributed by atoms with van der Waals surface area (Å²) in [6.07, 6.45) is 0. The molecule has 1 fully saturated rings. The Bertz CT molecular complexity index is 904. The molecule has 2 atom stereocenters. The van der Waals surface area contributed by atoms with Crippen molar-refractivity contribution in [1.82, 2.24) is 4.90 Å². The first-order chi connectivity index (χ1) is 12.0. The third-order valence-corrected chi connectivity index (χ3v) is 5.43. The predicted molar refractivity (Wildman–Crippen MR) is 92.3 cm³/mol. The predicted octanol–water partition coefficient (Wildman–Crippen LogP) is 2.98. The zero-order valence-corrected chi connectivity index (χ0v) is 13.9. The zero-order chi connectivity index (χ0) is 17.6. The molecule has 0 radical (unpaired) electrons. The molecule has 0 unspecified atom stereocenters. The van der Waals surface area contributed by atoms with E-state index in [0.717, 1.165) is 22.4 Å². The Morgan fingerprint density at radius 2 is 2.16 bits per heavy atom. The molecule has 5 heteroatoms. The highest BCUT2D eigenvalue weighted by atomic mass is 19.1. The molecule has 1 amide bonds. The van der Waals surface area contributed by atoms with Gasteiger partial charge in [-0.1, -0.05) is 24.3 Å². The lowest BCUT2D eigenvalue weighted by molar-refractivity contribution is -0.121. The number of carbonyl (C=O) groups is 1. The van der Waals surface area contributed by atoms with Crippen LogP contribution in [0.4, 0.5) is 10.1 Å². The SMILES string of the molecule is Cc1ccc(F)cc1CN1C[C@@H](C#N)[C@]2(C1)C(=O)Nc1ccccc12. The Hall–Kier alpha value is -2.71. The van der Waals surface area contributed by atoms with Gasteiger partial charge in [-0.25, -0.2) is 4.39 Å². The lowest BCUT2D eigenvalue weighted by atomic mass is 9.74. The molecule has 2 aromatic carbocycles. The summed E-state index contributed by atoms with van der Waals surface area (Å²) in [5, 5.41) is 12.6. The highest BCUT2D eigenvalue weighted by Gasteiger charge is 2.57. The van der Waals surface area contributed by atoms with Gasteiger partial charge in [0.25, 0.3) is 0 Å². The summed E-state index contributed by atoms with van der Waals surface area (Å²) in [6, 6.07) is 14.6. The molecule has 126 valence electrons. The molecule has 4 nitrogen and oxygen atoms in total. The van der Waals surface area contributed by atoms with E-state index < -0.39 is 11.3 Å². The van der Waals surface area contributed by atoms with Crippen molar-refractivity contribution in [3.05, 3.63) is 65.0 Å². The van der Waals surface area contributed by atoms with E-state index in [9.17, 15) is 14.4 Å². The first-order valence-electron chi connectivity index (χ1n) is 8.32. The van der Waals surface area contributed by atoms with Crippen molar-refractivity contribution in [2.24, 2.45) is 5.92 Å². The minimum Gasteiger partial charge on any atom is -0.325 e. The van der Waals surface area contributed by atoms with Crippen LogP contribution in [0.15, 0.2) is 42.5 Å². The lowest BCUT2D eigenvalue weighted by Crippen LogP contribution is -2.41. The summed E-state index contributed by atoms with van der Waals surface area (Å²) in [7, 11) is 0. The molecule has 4 rings (SSSR count). The fourth-order valence-corrected chi connectivity index (χ4v) is 4.10. The van der Waals surface area contributed by atoms with Gasteiger partial charge in [0, 0.05) is 25.3 Å². The van der Waals surface area contributed by atoms with Gasteiger partial charge in [-0.05, 0) is 41.8 Å². The molecule has 2 aliphatic heterocycles. The topological polar surface area (TPSA) is 56.1 Å². The Morgan fingerprint density at radius 1 is 1.36 bits per heavy atom. The van der Waals surface area contributed by atoms with Crippen molar-refractivity contribution < 1.29 is 9.18 Å². The fourth-order valence-electron chi connectivity index (χ4n) is 4.10. The van der Waals surface area contributed by atoms with E-state index in [4.69, 9.17) is 0 Å². The molecule has 2 heterocycles. The summed E-state index contributed by atoms with van der Waals surface area (Å²) in [5.41, 5.74) is 2.74. The number of nitrogens with zero attached hydrogens (tertiary/aromatic N) is 2. The van der Waals surface area contributed by atoms with Gasteiger partial charge in [-0.3, -0.25) is 9.69 Å². The quantitative estimate of drug-likeness (QED) is 0.918. The standard InChI is InChI=1S/C20H18FN3O/c1-13-6-7-16(21)8-14(13)10-24-11-15(9-22)20(12-24)17-4-2-3-5-18(17)23-19(20)25/h2-8,15H,10-12H2,1H3,(H,23,25)/t15-,20+/m1/s1. The maximum Gasteiger partial charge on any atom is 0.237 e. The Balaban J connectivity index is 1.69. The van der Waals surface area contributed by atoms with Crippen molar-refractivity contribution in [2.75, 3.05) is 18.4 Å². The van der Waals surface area contributed by atoms with Crippen LogP contribution < -0.4 is 5.32 Å². The fraction of sp³-hybridized carbons (Fsp3) is 0.300. The number of para-hydroxylation sites is 1. The van der Waals surface area contributed by atoms with Gasteiger partial charge in [0.05, 0.1) is 12.0 Å². The Morgan fingerprint density at radius 3 is 2.96 bits per heavy atom. The van der Waals surface area contributed by atoms with Gasteiger partial charge in [0.2, 0.25) is 5.91 Å². The number of amides is 1. The third kappa shape index (κ3) is 2.33. The number of halogens is 1. The van der Waals surface area contributed by atoms with E-state index in [2.05, 4.69) is 16.3 Å². The second-order valence-electron chi connectivity index (χ2n) is 6.89. The molecular weight excluding hydrogens is 317 g/mol. The van der Waals surface area contributed by atoms with E-state index >= 15 is 0 Å². The second-order valence-corrected chi connectivity index (χ2v) is 6.89. The minimum atomic E-state index is -0.841. The molecule has 0 bridgehead atoms. The molecule has 1 saturated heterocycles. The molecule has 2 aliphatic rings. The average molecular weight is 335 g/mol.